The number of nitrogens with one attached hydrogen (secondary N) is 2. The smallest absolute Gasteiger partial charge is 0.238 e. The molecule has 5 nitrogen and oxygen atoms in total. The maximum Gasteiger partial charge on any atom is 0.238 e. The first-order valence-electron chi connectivity index (χ1n) is 6.61. The highest BCUT2D eigenvalue weighted by Gasteiger charge is 2.22. The molecule has 0 spiro atoms. The Labute approximate surface area is 135 Å². The van der Waals surface area contributed by atoms with E-state index in [0.29, 0.717) is 0 Å². The molecule has 2 unspecified atom stereocenters. The lowest BCUT2D eigenvalue weighted by Gasteiger charge is -2.15. The SMILES string of the molecule is Cc1cccc(OCC(O)CNC(=O)C2CSCN2)c1.Cl. The molecule has 1 aromatic rings. The molecule has 2 rings (SSSR count). The van der Waals surface area contributed by atoms with Crippen LogP contribution in [-0.2, 0) is 4.79 Å². The summed E-state index contributed by atoms with van der Waals surface area (Å²) in [6.45, 7) is 2.35. The predicted octanol–water partition coefficient (Wildman–Crippen LogP) is 0.935. The number of benzene rings is 1. The number of aliphatic hydroxyl groups excluding tert-OH is 1. The first-order valence-corrected chi connectivity index (χ1v) is 7.77. The van der Waals surface area contributed by atoms with Crippen LogP contribution in [0.25, 0.3) is 0 Å². The molecular formula is C14H21ClN2O3S. The highest BCUT2D eigenvalue weighted by molar-refractivity contribution is 7.99. The van der Waals surface area contributed by atoms with Crippen molar-refractivity contribution in [2.24, 2.45) is 0 Å². The van der Waals surface area contributed by atoms with Gasteiger partial charge < -0.3 is 15.2 Å². The minimum atomic E-state index is -0.714. The third-order valence-electron chi connectivity index (χ3n) is 2.98. The van der Waals surface area contributed by atoms with Gasteiger partial charge in [-0.15, -0.1) is 24.2 Å². The van der Waals surface area contributed by atoms with Gasteiger partial charge in [0.05, 0.1) is 6.04 Å². The number of halogens is 1. The van der Waals surface area contributed by atoms with Gasteiger partial charge in [0.15, 0.2) is 0 Å². The second-order valence-corrected chi connectivity index (χ2v) is 5.83. The van der Waals surface area contributed by atoms with Crippen molar-refractivity contribution in [2.75, 3.05) is 24.8 Å². The fourth-order valence-corrected chi connectivity index (χ4v) is 2.80. The van der Waals surface area contributed by atoms with Gasteiger partial charge >= 0.3 is 0 Å². The van der Waals surface area contributed by atoms with E-state index in [1.54, 1.807) is 11.8 Å². The van der Waals surface area contributed by atoms with Crippen LogP contribution in [-0.4, -0.2) is 47.9 Å². The van der Waals surface area contributed by atoms with Crippen LogP contribution >= 0.6 is 24.2 Å². The van der Waals surface area contributed by atoms with Crippen LogP contribution in [0.5, 0.6) is 5.75 Å². The molecule has 1 amide bonds. The van der Waals surface area contributed by atoms with Gasteiger partial charge in [-0.05, 0) is 24.6 Å². The normalized spacial score (nSPS) is 18.7. The van der Waals surface area contributed by atoms with Gasteiger partial charge in [0.2, 0.25) is 5.91 Å². The lowest BCUT2D eigenvalue weighted by molar-refractivity contribution is -0.122. The third-order valence-corrected chi connectivity index (χ3v) is 3.92. The number of carbonyl (C=O) groups is 1. The molecule has 0 aliphatic carbocycles. The molecule has 1 aliphatic heterocycles. The number of ether oxygens (including phenoxy) is 1. The number of amides is 1. The zero-order valence-electron chi connectivity index (χ0n) is 11.9. The number of aryl methyl sites for hydroxylation is 1. The topological polar surface area (TPSA) is 70.6 Å². The van der Waals surface area contributed by atoms with Crippen LogP contribution in [0.15, 0.2) is 24.3 Å². The number of rotatable bonds is 6. The number of aliphatic hydroxyl groups is 1. The second kappa shape index (κ2) is 9.15. The van der Waals surface area contributed by atoms with E-state index in [4.69, 9.17) is 4.74 Å². The number of hydrogen-bond acceptors (Lipinski definition) is 5. The van der Waals surface area contributed by atoms with Crippen LogP contribution < -0.4 is 15.4 Å². The predicted molar refractivity (Wildman–Crippen MR) is 87.2 cm³/mol. The van der Waals surface area contributed by atoms with E-state index < -0.39 is 6.10 Å². The van der Waals surface area contributed by atoms with Crippen molar-refractivity contribution >= 4 is 30.1 Å². The summed E-state index contributed by atoms with van der Waals surface area (Å²) >= 11 is 1.69. The minimum Gasteiger partial charge on any atom is -0.491 e. The Kier molecular flexibility index (Phi) is 7.88. The highest BCUT2D eigenvalue weighted by Crippen LogP contribution is 2.12. The van der Waals surface area contributed by atoms with Crippen molar-refractivity contribution in [2.45, 2.75) is 19.1 Å². The van der Waals surface area contributed by atoms with Crippen LogP contribution in [0.1, 0.15) is 5.56 Å². The van der Waals surface area contributed by atoms with E-state index in [2.05, 4.69) is 10.6 Å². The molecule has 0 saturated carbocycles. The average molecular weight is 333 g/mol. The summed E-state index contributed by atoms with van der Waals surface area (Å²) in [6, 6.07) is 7.49. The summed E-state index contributed by atoms with van der Waals surface area (Å²) in [5, 5.41) is 15.6. The maximum absolute atomic E-state index is 11.7. The van der Waals surface area contributed by atoms with Gasteiger partial charge in [-0.3, -0.25) is 10.1 Å². The summed E-state index contributed by atoms with van der Waals surface area (Å²) in [7, 11) is 0. The van der Waals surface area contributed by atoms with Gasteiger partial charge in [-0.1, -0.05) is 12.1 Å². The first kappa shape index (κ1) is 18.1. The van der Waals surface area contributed by atoms with Crippen molar-refractivity contribution in [1.29, 1.82) is 0 Å². The Morgan fingerprint density at radius 2 is 2.43 bits per heavy atom. The zero-order valence-corrected chi connectivity index (χ0v) is 13.5. The summed E-state index contributed by atoms with van der Waals surface area (Å²) in [4.78, 5) is 11.7. The van der Waals surface area contributed by atoms with Gasteiger partial charge in [0, 0.05) is 18.2 Å². The average Bonchev–Trinajstić information content (AvgIpc) is 2.97. The Morgan fingerprint density at radius 1 is 1.62 bits per heavy atom. The molecule has 7 heteroatoms. The maximum atomic E-state index is 11.7. The van der Waals surface area contributed by atoms with Gasteiger partial charge in [0.25, 0.3) is 0 Å². The van der Waals surface area contributed by atoms with Crippen LogP contribution in [0.3, 0.4) is 0 Å². The molecule has 1 saturated heterocycles. The molecule has 21 heavy (non-hydrogen) atoms. The van der Waals surface area contributed by atoms with Crippen molar-refractivity contribution in [3.05, 3.63) is 29.8 Å². The molecule has 1 heterocycles. The molecule has 0 aromatic heterocycles. The van der Waals surface area contributed by atoms with E-state index in [-0.39, 0.29) is 37.5 Å². The molecule has 1 aromatic carbocycles. The van der Waals surface area contributed by atoms with Crippen molar-refractivity contribution < 1.29 is 14.6 Å². The molecule has 1 fully saturated rings. The van der Waals surface area contributed by atoms with Crippen molar-refractivity contribution in [3.63, 3.8) is 0 Å². The van der Waals surface area contributed by atoms with E-state index >= 15 is 0 Å². The first-order chi connectivity index (χ1) is 9.65. The second-order valence-electron chi connectivity index (χ2n) is 4.80. The molecule has 0 bridgehead atoms. The van der Waals surface area contributed by atoms with Crippen molar-refractivity contribution in [3.8, 4) is 5.75 Å². The molecular weight excluding hydrogens is 312 g/mol. The van der Waals surface area contributed by atoms with E-state index in [0.717, 1.165) is 22.9 Å². The van der Waals surface area contributed by atoms with Crippen molar-refractivity contribution in [1.82, 2.24) is 10.6 Å². The largest absolute Gasteiger partial charge is 0.491 e. The number of thioether (sulfide) groups is 1. The fraction of sp³-hybridized carbons (Fsp3) is 0.500. The van der Waals surface area contributed by atoms with Crippen LogP contribution in [0.4, 0.5) is 0 Å². The fourth-order valence-electron chi connectivity index (χ4n) is 1.86. The van der Waals surface area contributed by atoms with Crippen LogP contribution in [0.2, 0.25) is 0 Å². The van der Waals surface area contributed by atoms with E-state index in [9.17, 15) is 9.90 Å². The Morgan fingerprint density at radius 3 is 3.10 bits per heavy atom. The molecule has 3 N–H and O–H groups in total. The lowest BCUT2D eigenvalue weighted by atomic mass is 10.2. The summed E-state index contributed by atoms with van der Waals surface area (Å²) in [5.41, 5.74) is 1.11. The van der Waals surface area contributed by atoms with Gasteiger partial charge in [0.1, 0.15) is 18.5 Å². The molecule has 0 radical (unpaired) electrons. The summed E-state index contributed by atoms with van der Waals surface area (Å²) in [6.07, 6.45) is -0.714. The summed E-state index contributed by atoms with van der Waals surface area (Å²) < 4.78 is 5.49. The van der Waals surface area contributed by atoms with E-state index in [1.165, 1.54) is 0 Å². The Bertz CT molecular complexity index is 456. The molecule has 1 aliphatic rings. The molecule has 2 atom stereocenters. The monoisotopic (exact) mass is 332 g/mol. The number of hydrogen-bond donors (Lipinski definition) is 3. The Hall–Kier alpha value is -0.950. The van der Waals surface area contributed by atoms with E-state index in [1.807, 2.05) is 31.2 Å². The summed E-state index contributed by atoms with van der Waals surface area (Å²) in [5.74, 6) is 2.24. The minimum absolute atomic E-state index is 0. The van der Waals surface area contributed by atoms with Gasteiger partial charge in [-0.25, -0.2) is 0 Å². The number of carbonyl (C=O) groups excluding carboxylic acids is 1. The van der Waals surface area contributed by atoms with Crippen LogP contribution in [0, 0.1) is 6.92 Å². The zero-order chi connectivity index (χ0) is 14.4. The molecule has 118 valence electrons. The highest BCUT2D eigenvalue weighted by atomic mass is 35.5. The third kappa shape index (κ3) is 6.13. The standard InChI is InChI=1S/C14H20N2O3S.ClH/c1-10-3-2-4-12(5-10)19-7-11(17)6-15-14(18)13-8-20-9-16-13;/h2-5,11,13,16-17H,6-9H2,1H3,(H,15,18);1H. The Balaban J connectivity index is 0.00000220. The van der Waals surface area contributed by atoms with Gasteiger partial charge in [-0.2, -0.15) is 0 Å². The quantitative estimate of drug-likeness (QED) is 0.723. The lowest BCUT2D eigenvalue weighted by Crippen LogP contribution is -2.45.